The second-order valence-corrected chi connectivity index (χ2v) is 4.29. The van der Waals surface area contributed by atoms with Gasteiger partial charge in [-0.05, 0) is 17.7 Å². The van der Waals surface area contributed by atoms with Crippen molar-refractivity contribution < 1.29 is 9.47 Å². The van der Waals surface area contributed by atoms with Crippen LogP contribution in [-0.2, 0) is 6.54 Å². The molecule has 0 aliphatic carbocycles. The molecule has 0 spiro atoms. The molecule has 106 valence electrons. The van der Waals surface area contributed by atoms with E-state index in [1.807, 2.05) is 12.1 Å². The molecule has 0 aliphatic rings. The van der Waals surface area contributed by atoms with Gasteiger partial charge in [0.25, 0.3) is 5.56 Å². The maximum absolute atomic E-state index is 11.6. The van der Waals surface area contributed by atoms with Gasteiger partial charge in [-0.2, -0.15) is 0 Å². The molecule has 0 saturated carbocycles. The van der Waals surface area contributed by atoms with Gasteiger partial charge in [0.05, 0.1) is 20.5 Å². The summed E-state index contributed by atoms with van der Waals surface area (Å²) < 4.78 is 11.9. The van der Waals surface area contributed by atoms with Crippen LogP contribution in [0.3, 0.4) is 0 Å². The second-order valence-electron chi connectivity index (χ2n) is 4.29. The number of rotatable bonds is 5. The van der Waals surface area contributed by atoms with Crippen LogP contribution in [0, 0.1) is 0 Å². The number of nitrogens with zero attached hydrogens (tertiary/aromatic N) is 2. The van der Waals surface area contributed by atoms with Gasteiger partial charge in [0.2, 0.25) is 0 Å². The topological polar surface area (TPSA) is 79.4 Å². The van der Waals surface area contributed by atoms with Crippen LogP contribution in [0.4, 0.5) is 0 Å². The Morgan fingerprint density at radius 3 is 2.65 bits per heavy atom. The molecule has 2 aromatic rings. The Bertz CT molecular complexity index is 640. The Labute approximate surface area is 116 Å². The number of benzene rings is 1. The number of hydrogen-bond acceptors (Lipinski definition) is 5. The molecule has 1 unspecified atom stereocenters. The van der Waals surface area contributed by atoms with E-state index in [0.29, 0.717) is 18.0 Å². The fourth-order valence-electron chi connectivity index (χ4n) is 1.92. The van der Waals surface area contributed by atoms with E-state index in [-0.39, 0.29) is 11.6 Å². The van der Waals surface area contributed by atoms with Crippen molar-refractivity contribution in [3.63, 3.8) is 0 Å². The van der Waals surface area contributed by atoms with Gasteiger partial charge in [-0.15, -0.1) is 0 Å². The second kappa shape index (κ2) is 6.21. The van der Waals surface area contributed by atoms with Crippen molar-refractivity contribution in [2.45, 2.75) is 12.6 Å². The van der Waals surface area contributed by atoms with Gasteiger partial charge in [-0.3, -0.25) is 9.36 Å². The summed E-state index contributed by atoms with van der Waals surface area (Å²) in [5.41, 5.74) is 6.86. The largest absolute Gasteiger partial charge is 0.493 e. The standard InChI is InChI=1S/C14H17N3O3/c1-19-12-4-3-10(7-13(12)20-2)11(15)8-17-9-16-6-5-14(17)18/h3-7,9,11H,8,15H2,1-2H3. The molecule has 20 heavy (non-hydrogen) atoms. The van der Waals surface area contributed by atoms with Gasteiger partial charge in [-0.1, -0.05) is 6.07 Å². The third kappa shape index (κ3) is 2.97. The minimum absolute atomic E-state index is 0.129. The zero-order valence-corrected chi connectivity index (χ0v) is 11.4. The van der Waals surface area contributed by atoms with Crippen LogP contribution < -0.4 is 20.8 Å². The lowest BCUT2D eigenvalue weighted by molar-refractivity contribution is 0.354. The van der Waals surface area contributed by atoms with Crippen LogP contribution in [-0.4, -0.2) is 23.8 Å². The van der Waals surface area contributed by atoms with Crippen molar-refractivity contribution in [1.29, 1.82) is 0 Å². The van der Waals surface area contributed by atoms with Crippen LogP contribution in [0.25, 0.3) is 0 Å². The predicted molar refractivity (Wildman–Crippen MR) is 75.0 cm³/mol. The Balaban J connectivity index is 2.23. The van der Waals surface area contributed by atoms with Crippen molar-refractivity contribution in [1.82, 2.24) is 9.55 Å². The summed E-state index contributed by atoms with van der Waals surface area (Å²) >= 11 is 0. The maximum Gasteiger partial charge on any atom is 0.253 e. The first-order valence-electron chi connectivity index (χ1n) is 6.13. The van der Waals surface area contributed by atoms with Crippen molar-refractivity contribution in [2.75, 3.05) is 14.2 Å². The van der Waals surface area contributed by atoms with E-state index in [2.05, 4.69) is 4.98 Å². The number of hydrogen-bond donors (Lipinski definition) is 1. The lowest BCUT2D eigenvalue weighted by Gasteiger charge is -2.15. The first-order valence-corrected chi connectivity index (χ1v) is 6.13. The molecule has 1 atom stereocenters. The lowest BCUT2D eigenvalue weighted by atomic mass is 10.1. The molecule has 1 aromatic heterocycles. The van der Waals surface area contributed by atoms with E-state index in [4.69, 9.17) is 15.2 Å². The van der Waals surface area contributed by atoms with Crippen LogP contribution in [0.5, 0.6) is 11.5 Å². The predicted octanol–water partition coefficient (Wildman–Crippen LogP) is 0.961. The summed E-state index contributed by atoms with van der Waals surface area (Å²) in [4.78, 5) is 15.5. The number of aromatic nitrogens is 2. The highest BCUT2D eigenvalue weighted by Gasteiger charge is 2.11. The third-order valence-electron chi connectivity index (χ3n) is 3.02. The lowest BCUT2D eigenvalue weighted by Crippen LogP contribution is -2.26. The molecule has 1 heterocycles. The SMILES string of the molecule is COc1ccc(C(N)Cn2cnccc2=O)cc1OC. The van der Waals surface area contributed by atoms with Gasteiger partial charge >= 0.3 is 0 Å². The zero-order chi connectivity index (χ0) is 14.5. The summed E-state index contributed by atoms with van der Waals surface area (Å²) in [7, 11) is 3.14. The first kappa shape index (κ1) is 14.1. The minimum Gasteiger partial charge on any atom is -0.493 e. The number of methoxy groups -OCH3 is 2. The molecule has 0 saturated heterocycles. The molecule has 0 fully saturated rings. The number of nitrogens with two attached hydrogens (primary N) is 1. The van der Waals surface area contributed by atoms with Gasteiger partial charge in [0, 0.05) is 24.8 Å². The fraction of sp³-hybridized carbons (Fsp3) is 0.286. The quantitative estimate of drug-likeness (QED) is 0.879. The molecule has 0 bridgehead atoms. The molecule has 2 N–H and O–H groups in total. The molecule has 6 nitrogen and oxygen atoms in total. The molecule has 6 heteroatoms. The molecule has 0 amide bonds. The summed E-state index contributed by atoms with van der Waals surface area (Å²) in [5.74, 6) is 1.25. The van der Waals surface area contributed by atoms with Gasteiger partial charge < -0.3 is 15.2 Å². The Kier molecular flexibility index (Phi) is 4.37. The first-order chi connectivity index (χ1) is 9.65. The fourth-order valence-corrected chi connectivity index (χ4v) is 1.92. The van der Waals surface area contributed by atoms with E-state index in [1.54, 1.807) is 20.3 Å². The zero-order valence-electron chi connectivity index (χ0n) is 11.4. The summed E-state index contributed by atoms with van der Waals surface area (Å²) in [5, 5.41) is 0. The van der Waals surface area contributed by atoms with E-state index >= 15 is 0 Å². The van der Waals surface area contributed by atoms with Crippen LogP contribution >= 0.6 is 0 Å². The maximum atomic E-state index is 11.6. The third-order valence-corrected chi connectivity index (χ3v) is 3.02. The molecule has 0 aliphatic heterocycles. The van der Waals surface area contributed by atoms with Crippen molar-refractivity contribution in [3.05, 3.63) is 52.7 Å². The normalized spacial score (nSPS) is 11.9. The Morgan fingerprint density at radius 2 is 2.00 bits per heavy atom. The van der Waals surface area contributed by atoms with Crippen molar-refractivity contribution in [2.24, 2.45) is 5.73 Å². The average Bonchev–Trinajstić information content (AvgIpc) is 2.48. The van der Waals surface area contributed by atoms with Crippen LogP contribution in [0.1, 0.15) is 11.6 Å². The van der Waals surface area contributed by atoms with Gasteiger partial charge in [0.1, 0.15) is 0 Å². The Morgan fingerprint density at radius 1 is 1.25 bits per heavy atom. The highest BCUT2D eigenvalue weighted by molar-refractivity contribution is 5.43. The van der Waals surface area contributed by atoms with Crippen LogP contribution in [0.2, 0.25) is 0 Å². The average molecular weight is 275 g/mol. The van der Waals surface area contributed by atoms with Crippen LogP contribution in [0.15, 0.2) is 41.6 Å². The molecule has 0 radical (unpaired) electrons. The highest BCUT2D eigenvalue weighted by Crippen LogP contribution is 2.29. The van der Waals surface area contributed by atoms with E-state index in [9.17, 15) is 4.79 Å². The summed E-state index contributed by atoms with van der Waals surface area (Å²) in [6.07, 6.45) is 2.93. The number of ether oxygens (including phenoxy) is 2. The minimum atomic E-state index is -0.336. The molecule has 1 aromatic carbocycles. The summed E-state index contributed by atoms with van der Waals surface area (Å²) in [6.45, 7) is 0.349. The summed E-state index contributed by atoms with van der Waals surface area (Å²) in [6, 6.07) is 6.52. The molecule has 2 rings (SSSR count). The molecular weight excluding hydrogens is 258 g/mol. The highest BCUT2D eigenvalue weighted by atomic mass is 16.5. The molecular formula is C14H17N3O3. The van der Waals surface area contributed by atoms with Crippen molar-refractivity contribution in [3.8, 4) is 11.5 Å². The van der Waals surface area contributed by atoms with Crippen molar-refractivity contribution >= 4 is 0 Å². The Hall–Kier alpha value is -2.34. The monoisotopic (exact) mass is 275 g/mol. The van der Waals surface area contributed by atoms with E-state index in [0.717, 1.165) is 5.56 Å². The van der Waals surface area contributed by atoms with Gasteiger partial charge in [0.15, 0.2) is 11.5 Å². The van der Waals surface area contributed by atoms with Gasteiger partial charge in [-0.25, -0.2) is 4.98 Å². The van der Waals surface area contributed by atoms with E-state index in [1.165, 1.54) is 23.2 Å². The van der Waals surface area contributed by atoms with E-state index < -0.39 is 0 Å². The smallest absolute Gasteiger partial charge is 0.253 e.